The minimum Gasteiger partial charge on any atom is -0.383 e. The third-order valence-electron chi connectivity index (χ3n) is 6.03. The Bertz CT molecular complexity index is 1110. The second kappa shape index (κ2) is 6.47. The number of hydrogen-bond acceptors (Lipinski definition) is 4. The van der Waals surface area contributed by atoms with Crippen molar-refractivity contribution in [2.24, 2.45) is 5.92 Å². The fourth-order valence-electron chi connectivity index (χ4n) is 4.55. The summed E-state index contributed by atoms with van der Waals surface area (Å²) in [6.45, 7) is 0.640. The van der Waals surface area contributed by atoms with Crippen molar-refractivity contribution in [1.82, 2.24) is 19.7 Å². The number of benzene rings is 1. The van der Waals surface area contributed by atoms with Crippen molar-refractivity contribution < 1.29 is 18.7 Å². The number of amides is 1. The van der Waals surface area contributed by atoms with Gasteiger partial charge in [0.15, 0.2) is 0 Å². The lowest BCUT2D eigenvalue weighted by molar-refractivity contribution is -0.122. The number of rotatable bonds is 2. The first-order chi connectivity index (χ1) is 13.9. The zero-order valence-corrected chi connectivity index (χ0v) is 16.0. The highest BCUT2D eigenvalue weighted by Gasteiger charge is 2.56. The van der Waals surface area contributed by atoms with Gasteiger partial charge in [0, 0.05) is 42.4 Å². The van der Waals surface area contributed by atoms with Gasteiger partial charge >= 0.3 is 0 Å². The van der Waals surface area contributed by atoms with Crippen molar-refractivity contribution in [2.75, 3.05) is 13.1 Å². The number of carbonyl (C=O) groups is 1. The van der Waals surface area contributed by atoms with Gasteiger partial charge in [0.2, 0.25) is 5.79 Å². The van der Waals surface area contributed by atoms with Crippen LogP contribution in [0.4, 0.5) is 8.78 Å². The molecule has 2 atom stereocenters. The average molecular weight is 419 g/mol. The number of hydrogen-bond donors (Lipinski definition) is 1. The number of aromatic nitrogens is 3. The van der Waals surface area contributed by atoms with Crippen LogP contribution in [-0.4, -0.2) is 43.8 Å². The monoisotopic (exact) mass is 418 g/mol. The van der Waals surface area contributed by atoms with Crippen LogP contribution in [0.15, 0.2) is 36.8 Å². The molecule has 2 aromatic heterocycles. The highest BCUT2D eigenvalue weighted by molar-refractivity contribution is 6.31. The van der Waals surface area contributed by atoms with E-state index in [1.165, 1.54) is 18.5 Å². The van der Waals surface area contributed by atoms with Gasteiger partial charge < -0.3 is 10.0 Å². The smallest absolute Gasteiger partial charge is 0.255 e. The van der Waals surface area contributed by atoms with E-state index in [2.05, 4.69) is 10.1 Å². The van der Waals surface area contributed by atoms with Gasteiger partial charge in [-0.2, -0.15) is 5.10 Å². The molecule has 5 rings (SSSR count). The minimum absolute atomic E-state index is 0.152. The normalized spacial score (nSPS) is 24.4. The molecule has 3 aromatic rings. The van der Waals surface area contributed by atoms with E-state index in [9.17, 15) is 14.3 Å². The minimum atomic E-state index is -2.29. The fraction of sp³-hybridized carbons (Fsp3) is 0.350. The maximum Gasteiger partial charge on any atom is 0.255 e. The van der Waals surface area contributed by atoms with Gasteiger partial charge in [0.05, 0.1) is 22.3 Å². The molecule has 0 spiro atoms. The lowest BCUT2D eigenvalue weighted by Crippen LogP contribution is -2.47. The topological polar surface area (TPSA) is 71.2 Å². The summed E-state index contributed by atoms with van der Waals surface area (Å²) in [5.74, 6) is -3.92. The number of halogens is 3. The average Bonchev–Trinajstić information content (AvgIpc) is 3.26. The molecule has 0 aliphatic carbocycles. The molecule has 0 radical (unpaired) electrons. The molecule has 0 saturated carbocycles. The van der Waals surface area contributed by atoms with Crippen LogP contribution in [0.1, 0.15) is 34.9 Å². The van der Waals surface area contributed by atoms with Gasteiger partial charge in [-0.05, 0) is 31.0 Å². The third kappa shape index (κ3) is 2.52. The number of likely N-dealkylation sites (tertiary alicyclic amines) is 1. The molecular formula is C20H17ClF2N4O2. The van der Waals surface area contributed by atoms with Crippen LogP contribution >= 0.6 is 11.6 Å². The first kappa shape index (κ1) is 18.4. The quantitative estimate of drug-likeness (QED) is 0.692. The molecule has 150 valence electrons. The van der Waals surface area contributed by atoms with Crippen LogP contribution in [0.3, 0.4) is 0 Å². The van der Waals surface area contributed by atoms with E-state index in [-0.39, 0.29) is 22.0 Å². The van der Waals surface area contributed by atoms with Crippen LogP contribution in [0.2, 0.25) is 5.02 Å². The largest absolute Gasteiger partial charge is 0.383 e. The standard InChI is InChI=1S/C20H17ClF2N4O2/c21-14-8-12-10-25-27-17(12)15(16(14)22)18(28)20(27,23)13-3-6-26(7-4-13)19(29)11-2-1-5-24-9-11/h1-2,5,8-10,13,18,28H,3-4,6-7H2. The number of aliphatic hydroxyl groups excluding tert-OH is 1. The number of alkyl halides is 1. The van der Waals surface area contributed by atoms with Crippen LogP contribution in [-0.2, 0) is 5.79 Å². The molecule has 2 aliphatic heterocycles. The summed E-state index contributed by atoms with van der Waals surface area (Å²) < 4.78 is 32.0. The number of aliphatic hydroxyl groups is 1. The van der Waals surface area contributed by atoms with Gasteiger partial charge in [-0.25, -0.2) is 13.5 Å². The molecule has 1 saturated heterocycles. The van der Waals surface area contributed by atoms with Crippen LogP contribution in [0.25, 0.3) is 10.9 Å². The van der Waals surface area contributed by atoms with E-state index >= 15 is 4.39 Å². The highest BCUT2D eigenvalue weighted by atomic mass is 35.5. The summed E-state index contributed by atoms with van der Waals surface area (Å²) in [7, 11) is 0. The van der Waals surface area contributed by atoms with Gasteiger partial charge in [-0.3, -0.25) is 9.78 Å². The Kier molecular flexibility index (Phi) is 4.11. The summed E-state index contributed by atoms with van der Waals surface area (Å²) in [5.41, 5.74) is 0.553. The zero-order valence-electron chi connectivity index (χ0n) is 15.2. The van der Waals surface area contributed by atoms with Crippen LogP contribution < -0.4 is 0 Å². The molecule has 2 unspecified atom stereocenters. The van der Waals surface area contributed by atoms with Gasteiger partial charge in [-0.1, -0.05) is 11.6 Å². The Morgan fingerprint density at radius 3 is 2.76 bits per heavy atom. The highest BCUT2D eigenvalue weighted by Crippen LogP contribution is 2.53. The van der Waals surface area contributed by atoms with Crippen molar-refractivity contribution in [3.63, 3.8) is 0 Å². The van der Waals surface area contributed by atoms with E-state index in [1.807, 2.05) is 0 Å². The summed E-state index contributed by atoms with van der Waals surface area (Å²) in [5, 5.41) is 15.2. The summed E-state index contributed by atoms with van der Waals surface area (Å²) >= 11 is 5.91. The lowest BCUT2D eigenvalue weighted by Gasteiger charge is -2.39. The summed E-state index contributed by atoms with van der Waals surface area (Å²) in [4.78, 5) is 18.2. The molecular weight excluding hydrogens is 402 g/mol. The number of pyridine rings is 1. The van der Waals surface area contributed by atoms with E-state index < -0.39 is 23.6 Å². The van der Waals surface area contributed by atoms with Crippen LogP contribution in [0.5, 0.6) is 0 Å². The first-order valence-electron chi connectivity index (χ1n) is 9.35. The van der Waals surface area contributed by atoms with Crippen molar-refractivity contribution in [1.29, 1.82) is 0 Å². The predicted octanol–water partition coefficient (Wildman–Crippen LogP) is 3.45. The second-order valence-corrected chi connectivity index (χ2v) is 7.93. The molecule has 6 nitrogen and oxygen atoms in total. The van der Waals surface area contributed by atoms with E-state index in [0.717, 1.165) is 4.68 Å². The summed E-state index contributed by atoms with van der Waals surface area (Å²) in [6, 6.07) is 4.75. The Morgan fingerprint density at radius 1 is 1.31 bits per heavy atom. The molecule has 1 aromatic carbocycles. The van der Waals surface area contributed by atoms with Crippen molar-refractivity contribution >= 4 is 28.4 Å². The molecule has 0 bridgehead atoms. The second-order valence-electron chi connectivity index (χ2n) is 7.52. The molecule has 1 fully saturated rings. The molecule has 4 heterocycles. The molecule has 9 heteroatoms. The molecule has 1 amide bonds. The van der Waals surface area contributed by atoms with Gasteiger partial charge in [0.1, 0.15) is 11.9 Å². The SMILES string of the molecule is O=C(c1cccnc1)N1CCC(C2(F)C(O)c3c(F)c(Cl)cc4cnn2c34)CC1. The lowest BCUT2D eigenvalue weighted by atomic mass is 9.83. The number of nitrogens with zero attached hydrogens (tertiary/aromatic N) is 4. The maximum absolute atomic E-state index is 16.3. The van der Waals surface area contributed by atoms with E-state index in [1.54, 1.807) is 23.2 Å². The van der Waals surface area contributed by atoms with Crippen LogP contribution in [0, 0.1) is 11.7 Å². The molecule has 1 N–H and O–H groups in total. The Hall–Kier alpha value is -2.58. The number of carbonyl (C=O) groups excluding carboxylic acids is 1. The Balaban J connectivity index is 1.42. The Morgan fingerprint density at radius 2 is 2.07 bits per heavy atom. The molecule has 2 aliphatic rings. The first-order valence-corrected chi connectivity index (χ1v) is 9.73. The van der Waals surface area contributed by atoms with Crippen molar-refractivity contribution in [3.05, 3.63) is 58.8 Å². The van der Waals surface area contributed by atoms with Gasteiger partial charge in [-0.15, -0.1) is 0 Å². The Labute approximate surface area is 169 Å². The van der Waals surface area contributed by atoms with Crippen molar-refractivity contribution in [3.8, 4) is 0 Å². The van der Waals surface area contributed by atoms with Crippen molar-refractivity contribution in [2.45, 2.75) is 24.7 Å². The third-order valence-corrected chi connectivity index (χ3v) is 6.30. The van der Waals surface area contributed by atoms with Gasteiger partial charge in [0.25, 0.3) is 5.91 Å². The van der Waals surface area contributed by atoms with E-state index in [4.69, 9.17) is 11.6 Å². The summed E-state index contributed by atoms with van der Waals surface area (Å²) in [6.07, 6.45) is 3.42. The number of piperidine rings is 1. The molecule has 29 heavy (non-hydrogen) atoms. The van der Waals surface area contributed by atoms with E-state index in [0.29, 0.717) is 36.9 Å². The maximum atomic E-state index is 16.3. The zero-order chi connectivity index (χ0) is 20.3. The predicted molar refractivity (Wildman–Crippen MR) is 102 cm³/mol. The fourth-order valence-corrected chi connectivity index (χ4v) is 4.77.